The second-order valence-corrected chi connectivity index (χ2v) is 12.6. The van der Waals surface area contributed by atoms with Gasteiger partial charge in [0.05, 0.1) is 0 Å². The minimum Gasteiger partial charge on any atom is 1.00 e. The van der Waals surface area contributed by atoms with Gasteiger partial charge < -0.3 is 0 Å². The third kappa shape index (κ3) is 79.1. The van der Waals surface area contributed by atoms with Crippen LogP contribution >= 0.6 is 7.81 Å². The largest absolute Gasteiger partial charge is 1.00 e. The topological polar surface area (TPSA) is 48.1 Å². The summed E-state index contributed by atoms with van der Waals surface area (Å²) in [5, 5.41) is 12.5. The van der Waals surface area contributed by atoms with Crippen LogP contribution in [0.4, 0.5) is 25.2 Å². The summed E-state index contributed by atoms with van der Waals surface area (Å²) < 4.78 is 59.2. The van der Waals surface area contributed by atoms with Crippen molar-refractivity contribution in [3.8, 4) is 0 Å². The Morgan fingerprint density at radius 2 is 0.533 bits per heavy atom. The fourth-order valence-electron chi connectivity index (χ4n) is 0.812. The van der Waals surface area contributed by atoms with E-state index < -0.39 is 7.81 Å². The maximum Gasteiger partial charge on any atom is 1.00 e. The molecule has 0 atom stereocenters. The van der Waals surface area contributed by atoms with E-state index in [0.717, 1.165) is 0 Å². The first kappa shape index (κ1) is 37.9. The van der Waals surface area contributed by atoms with E-state index in [4.69, 9.17) is 0 Å². The normalized spacial score (nSPS) is 15.4. The molecule has 0 bridgehead atoms. The van der Waals surface area contributed by atoms with Crippen LogP contribution in [0.1, 0.15) is 83.1 Å². The molecule has 0 aliphatic carbocycles. The number of halogens is 6. The molecular weight excluding hydrogens is 614 g/mol. The molecular formula is C18H40AuF6N4P. The molecule has 0 saturated heterocycles. The van der Waals surface area contributed by atoms with Gasteiger partial charge in [-0.05, 0) is 83.1 Å². The van der Waals surface area contributed by atoms with Crippen molar-refractivity contribution < 1.29 is 47.6 Å². The molecule has 4 radical (unpaired) electrons. The summed E-state index contributed by atoms with van der Waals surface area (Å²) in [6.45, 7) is 31.1. The van der Waals surface area contributed by atoms with Crippen LogP contribution in [0.2, 0.25) is 0 Å². The molecule has 0 fully saturated rings. The van der Waals surface area contributed by atoms with Gasteiger partial charge in [-0.15, -0.1) is 0 Å². The van der Waals surface area contributed by atoms with Gasteiger partial charge in [-0.2, -0.15) is 0 Å². The van der Waals surface area contributed by atoms with Gasteiger partial charge in [-0.3, -0.25) is 21.3 Å². The zero-order valence-electron chi connectivity index (χ0n) is 20.0. The number of nitrogens with one attached hydrogen (secondary N) is 4. The van der Waals surface area contributed by atoms with E-state index in [0.29, 0.717) is 0 Å². The Hall–Kier alpha value is 0.590. The minimum absolute atomic E-state index is 0. The summed E-state index contributed by atoms with van der Waals surface area (Å²) in [5.74, 6) is 0. The van der Waals surface area contributed by atoms with Crippen LogP contribution in [0, 0.1) is 13.3 Å². The third-order valence-electron chi connectivity index (χ3n) is 1.75. The van der Waals surface area contributed by atoms with Crippen molar-refractivity contribution in [2.24, 2.45) is 0 Å². The Balaban J connectivity index is -0.000000171. The summed E-state index contributed by atoms with van der Waals surface area (Å²) in [7, 11) is -10.7. The summed E-state index contributed by atoms with van der Waals surface area (Å²) in [6.07, 6.45) is 0. The smallest absolute Gasteiger partial charge is 1.00 e. The van der Waals surface area contributed by atoms with Crippen molar-refractivity contribution in [3.05, 3.63) is 13.3 Å². The van der Waals surface area contributed by atoms with Gasteiger partial charge in [0.15, 0.2) is 0 Å². The summed E-state index contributed by atoms with van der Waals surface area (Å²) in [5.41, 5.74) is 0.382. The average molecular weight is 654 g/mol. The molecule has 0 aromatic carbocycles. The van der Waals surface area contributed by atoms with Crippen LogP contribution < -0.4 is 21.3 Å². The number of rotatable bonds is 4. The molecule has 4 nitrogen and oxygen atoms in total. The first-order chi connectivity index (χ1) is 11.9. The van der Waals surface area contributed by atoms with Gasteiger partial charge in [0.2, 0.25) is 0 Å². The molecule has 0 spiro atoms. The van der Waals surface area contributed by atoms with Crippen LogP contribution in [0.25, 0.3) is 0 Å². The molecule has 0 aromatic heterocycles. The van der Waals surface area contributed by atoms with Crippen molar-refractivity contribution in [1.82, 2.24) is 21.3 Å². The van der Waals surface area contributed by atoms with Crippen LogP contribution in [0.5, 0.6) is 0 Å². The molecule has 0 saturated carbocycles. The average Bonchev–Trinajstić information content (AvgIpc) is 2.16. The SMILES string of the molecule is CC(C)(C)N[C]NC(C)(C)C.CC(C)(C)N[C]NC(C)(C)C.F[P-](F)(F)(F)(F)F.[Au+]. The second-order valence-electron chi connectivity index (χ2n) is 10.7. The van der Waals surface area contributed by atoms with Gasteiger partial charge in [0.1, 0.15) is 13.3 Å². The van der Waals surface area contributed by atoms with Gasteiger partial charge in [-0.1, -0.05) is 0 Å². The second kappa shape index (κ2) is 11.6. The van der Waals surface area contributed by atoms with Gasteiger partial charge in [0.25, 0.3) is 0 Å². The fraction of sp³-hybridized carbons (Fsp3) is 0.889. The van der Waals surface area contributed by atoms with E-state index in [2.05, 4.69) is 118 Å². The van der Waals surface area contributed by atoms with Crippen LogP contribution in [0.3, 0.4) is 0 Å². The van der Waals surface area contributed by atoms with E-state index in [1.54, 1.807) is 0 Å². The van der Waals surface area contributed by atoms with Crippen molar-refractivity contribution in [2.45, 2.75) is 105 Å². The summed E-state index contributed by atoms with van der Waals surface area (Å²) in [6, 6.07) is 0. The minimum atomic E-state index is -10.7. The molecule has 30 heavy (non-hydrogen) atoms. The quantitative estimate of drug-likeness (QED) is 0.115. The molecule has 0 rings (SSSR count). The maximum absolute atomic E-state index is 10.7. The first-order valence-corrected chi connectivity index (χ1v) is 11.0. The monoisotopic (exact) mass is 654 g/mol. The molecule has 0 heterocycles. The first-order valence-electron chi connectivity index (χ1n) is 9.01. The number of hydrogen-bond acceptors (Lipinski definition) is 4. The molecule has 12 heteroatoms. The van der Waals surface area contributed by atoms with Crippen LogP contribution in [-0.4, -0.2) is 22.2 Å². The third-order valence-corrected chi connectivity index (χ3v) is 1.75. The zero-order valence-corrected chi connectivity index (χ0v) is 23.1. The zero-order chi connectivity index (χ0) is 24.7. The Morgan fingerprint density at radius 3 is 0.600 bits per heavy atom. The maximum atomic E-state index is 9.87. The standard InChI is InChI=1S/2C9H20N2.Au.F6P/c2*1-8(2,3)10-7-11-9(4,5)6;;1-7(2,3,4,5)6/h2*10-11H,1-6H3;;/q;;+1;-1. The Labute approximate surface area is 195 Å². The van der Waals surface area contributed by atoms with Crippen LogP contribution in [0.15, 0.2) is 0 Å². The summed E-state index contributed by atoms with van der Waals surface area (Å²) >= 11 is 0. The molecule has 190 valence electrons. The van der Waals surface area contributed by atoms with Crippen LogP contribution in [-0.2, 0) is 22.4 Å². The van der Waals surface area contributed by atoms with Crippen molar-refractivity contribution in [2.75, 3.05) is 0 Å². The molecule has 0 unspecified atom stereocenters. The van der Waals surface area contributed by atoms with Gasteiger partial charge >= 0.3 is 55.4 Å². The van der Waals surface area contributed by atoms with Crippen molar-refractivity contribution in [1.29, 1.82) is 0 Å². The molecule has 0 amide bonds. The molecule has 0 aromatic rings. The van der Waals surface area contributed by atoms with Crippen molar-refractivity contribution in [3.63, 3.8) is 0 Å². The van der Waals surface area contributed by atoms with E-state index in [-0.39, 0.29) is 44.5 Å². The van der Waals surface area contributed by atoms with E-state index in [1.165, 1.54) is 0 Å². The predicted molar refractivity (Wildman–Crippen MR) is 112 cm³/mol. The molecule has 0 aliphatic heterocycles. The summed E-state index contributed by atoms with van der Waals surface area (Å²) in [4.78, 5) is 0. The van der Waals surface area contributed by atoms with Gasteiger partial charge in [-0.25, -0.2) is 0 Å². The van der Waals surface area contributed by atoms with E-state index in [9.17, 15) is 25.2 Å². The van der Waals surface area contributed by atoms with E-state index >= 15 is 0 Å². The van der Waals surface area contributed by atoms with Crippen molar-refractivity contribution >= 4 is 7.81 Å². The Morgan fingerprint density at radius 1 is 0.433 bits per heavy atom. The Bertz CT molecular complexity index is 388. The fourth-order valence-corrected chi connectivity index (χ4v) is 0.812. The van der Waals surface area contributed by atoms with E-state index in [1.807, 2.05) is 0 Å². The van der Waals surface area contributed by atoms with Gasteiger partial charge in [0, 0.05) is 22.2 Å². The molecule has 4 N–H and O–H groups in total. The Kier molecular flexibility index (Phi) is 14.7. The molecule has 0 aliphatic rings. The predicted octanol–water partition coefficient (Wildman–Crippen LogP) is 6.90. The number of hydrogen-bond donors (Lipinski definition) is 4.